The molecule has 6 unspecified atom stereocenters. The number of nitrogens with one attached hydrogen (secondary N) is 1. The number of esters is 1. The molecule has 1 fully saturated rings. The molecule has 2 N–H and O–H groups in total. The highest BCUT2D eigenvalue weighted by Gasteiger charge is 2.56. The Morgan fingerprint density at radius 2 is 1.86 bits per heavy atom. The number of hydrogen-bond acceptors (Lipinski definition) is 4. The van der Waals surface area contributed by atoms with Crippen LogP contribution in [0.25, 0.3) is 0 Å². The molecule has 22 heavy (non-hydrogen) atoms. The highest BCUT2D eigenvalue weighted by molar-refractivity contribution is 5.73. The van der Waals surface area contributed by atoms with E-state index in [1.54, 1.807) is 6.92 Å². The van der Waals surface area contributed by atoms with Crippen LogP contribution in [0.3, 0.4) is 0 Å². The predicted octanol–water partition coefficient (Wildman–Crippen LogP) is 2.36. The number of methoxy groups -OCH3 is 1. The number of carbonyl (C=O) groups is 1. The number of carbonyl (C=O) groups excluding carboxylic acids is 1. The highest BCUT2D eigenvalue weighted by Crippen LogP contribution is 2.43. The number of halogens is 3. The monoisotopic (exact) mass is 325 g/mol. The van der Waals surface area contributed by atoms with E-state index in [0.717, 1.165) is 0 Å². The van der Waals surface area contributed by atoms with Crippen molar-refractivity contribution < 1.29 is 27.8 Å². The molecule has 0 radical (unpaired) electrons. The molecule has 1 saturated heterocycles. The van der Waals surface area contributed by atoms with Gasteiger partial charge in [-0.05, 0) is 32.1 Å². The predicted molar refractivity (Wildman–Crippen MR) is 76.1 cm³/mol. The maximum atomic E-state index is 13.4. The number of rotatable bonds is 4. The van der Waals surface area contributed by atoms with Gasteiger partial charge in [0, 0.05) is 12.0 Å². The summed E-state index contributed by atoms with van der Waals surface area (Å²) in [5, 5.41) is 12.4. The van der Waals surface area contributed by atoms with Crippen LogP contribution in [0.1, 0.15) is 34.1 Å². The van der Waals surface area contributed by atoms with Gasteiger partial charge in [0.1, 0.15) is 6.04 Å². The van der Waals surface area contributed by atoms with Gasteiger partial charge in [-0.3, -0.25) is 4.79 Å². The second-order valence-corrected chi connectivity index (χ2v) is 6.63. The number of aliphatic hydroxyl groups excluding tert-OH is 1. The minimum Gasteiger partial charge on any atom is -0.469 e. The summed E-state index contributed by atoms with van der Waals surface area (Å²) in [7, 11) is 1.23. The fraction of sp³-hybridized carbons (Fsp3) is 0.933. The van der Waals surface area contributed by atoms with Crippen LogP contribution in [0.4, 0.5) is 13.2 Å². The van der Waals surface area contributed by atoms with Gasteiger partial charge in [-0.2, -0.15) is 13.2 Å². The van der Waals surface area contributed by atoms with Crippen molar-refractivity contribution >= 4 is 5.97 Å². The number of alkyl halides is 3. The summed E-state index contributed by atoms with van der Waals surface area (Å²) in [6.45, 7) is 6.69. The summed E-state index contributed by atoms with van der Waals surface area (Å²) in [5.74, 6) is -2.79. The van der Waals surface area contributed by atoms with Crippen molar-refractivity contribution in [3.63, 3.8) is 0 Å². The maximum Gasteiger partial charge on any atom is 0.404 e. The van der Waals surface area contributed by atoms with Gasteiger partial charge in [0.15, 0.2) is 0 Å². The van der Waals surface area contributed by atoms with Crippen LogP contribution in [0, 0.1) is 23.7 Å². The molecular weight excluding hydrogens is 299 g/mol. The number of hydrogen-bond donors (Lipinski definition) is 2. The molecule has 0 aromatic heterocycles. The van der Waals surface area contributed by atoms with Crippen molar-refractivity contribution in [1.29, 1.82) is 0 Å². The van der Waals surface area contributed by atoms with Crippen molar-refractivity contribution in [2.24, 2.45) is 23.7 Å². The fourth-order valence-electron chi connectivity index (χ4n) is 3.67. The standard InChI is InChI=1S/C15H26F3NO3/c1-7(2)6-10-11(14(21)22-5)8(3)19-13(15(16,17)18)12(10)9(4)20/h7-13,19-20H,6H2,1-5H3. The van der Waals surface area contributed by atoms with Gasteiger partial charge in [0.25, 0.3) is 0 Å². The van der Waals surface area contributed by atoms with Gasteiger partial charge >= 0.3 is 12.1 Å². The molecule has 0 aromatic rings. The first kappa shape index (κ1) is 19.2. The SMILES string of the molecule is COC(=O)C1C(C)NC(C(F)(F)F)C(C(C)O)C1CC(C)C. The summed E-state index contributed by atoms with van der Waals surface area (Å²) >= 11 is 0. The average molecular weight is 325 g/mol. The minimum atomic E-state index is -4.48. The van der Waals surface area contributed by atoms with Crippen molar-refractivity contribution in [2.45, 2.75) is 58.5 Å². The van der Waals surface area contributed by atoms with E-state index in [-0.39, 0.29) is 5.92 Å². The molecule has 7 heteroatoms. The van der Waals surface area contributed by atoms with Crippen LogP contribution >= 0.6 is 0 Å². The number of piperidine rings is 1. The van der Waals surface area contributed by atoms with Crippen molar-refractivity contribution in [3.05, 3.63) is 0 Å². The molecule has 1 aliphatic rings. The van der Waals surface area contributed by atoms with E-state index < -0.39 is 48.1 Å². The first-order valence-corrected chi connectivity index (χ1v) is 7.59. The molecule has 4 nitrogen and oxygen atoms in total. The summed E-state index contributed by atoms with van der Waals surface area (Å²) in [6, 6.07) is -2.50. The first-order valence-electron chi connectivity index (χ1n) is 7.59. The Morgan fingerprint density at radius 1 is 1.32 bits per heavy atom. The lowest BCUT2D eigenvalue weighted by atomic mass is 9.66. The molecule has 6 atom stereocenters. The summed E-state index contributed by atoms with van der Waals surface area (Å²) in [6.07, 6.45) is -5.23. The quantitative estimate of drug-likeness (QED) is 0.779. The third-order valence-corrected chi connectivity index (χ3v) is 4.45. The fourth-order valence-corrected chi connectivity index (χ4v) is 3.67. The van der Waals surface area contributed by atoms with Crippen LogP contribution < -0.4 is 5.32 Å². The normalized spacial score (nSPS) is 34.5. The van der Waals surface area contributed by atoms with Crippen LogP contribution in [0.5, 0.6) is 0 Å². The minimum absolute atomic E-state index is 0.109. The van der Waals surface area contributed by atoms with E-state index in [2.05, 4.69) is 5.32 Å². The maximum absolute atomic E-state index is 13.4. The van der Waals surface area contributed by atoms with Gasteiger partial charge < -0.3 is 15.2 Å². The zero-order chi connectivity index (χ0) is 17.2. The number of aliphatic hydroxyl groups is 1. The molecule has 0 amide bonds. The van der Waals surface area contributed by atoms with Gasteiger partial charge in [0.2, 0.25) is 0 Å². The second kappa shape index (κ2) is 7.17. The Labute approximate surface area is 129 Å². The Balaban J connectivity index is 3.26. The molecule has 0 spiro atoms. The van der Waals surface area contributed by atoms with E-state index in [4.69, 9.17) is 4.74 Å². The zero-order valence-corrected chi connectivity index (χ0v) is 13.6. The Hall–Kier alpha value is -0.820. The van der Waals surface area contributed by atoms with Gasteiger partial charge in [-0.15, -0.1) is 0 Å². The third kappa shape index (κ3) is 4.13. The molecule has 1 aliphatic heterocycles. The zero-order valence-electron chi connectivity index (χ0n) is 13.6. The topological polar surface area (TPSA) is 58.6 Å². The first-order chi connectivity index (χ1) is 10.0. The molecule has 1 rings (SSSR count). The van der Waals surface area contributed by atoms with E-state index >= 15 is 0 Å². The second-order valence-electron chi connectivity index (χ2n) is 6.63. The summed E-state index contributed by atoms with van der Waals surface area (Å²) in [4.78, 5) is 12.1. The lowest BCUT2D eigenvalue weighted by molar-refractivity contribution is -0.203. The van der Waals surface area contributed by atoms with Crippen LogP contribution in [0.2, 0.25) is 0 Å². The van der Waals surface area contributed by atoms with Crippen LogP contribution in [-0.4, -0.2) is 42.5 Å². The summed E-state index contributed by atoms with van der Waals surface area (Å²) < 4.78 is 44.8. The van der Waals surface area contributed by atoms with Crippen LogP contribution in [0.15, 0.2) is 0 Å². The average Bonchev–Trinajstić information content (AvgIpc) is 2.35. The Kier molecular flexibility index (Phi) is 6.27. The third-order valence-electron chi connectivity index (χ3n) is 4.45. The molecule has 0 bridgehead atoms. The summed E-state index contributed by atoms with van der Waals surface area (Å²) in [5.41, 5.74) is 0. The van der Waals surface area contributed by atoms with Crippen LogP contribution in [-0.2, 0) is 9.53 Å². The Morgan fingerprint density at radius 3 is 2.23 bits per heavy atom. The van der Waals surface area contributed by atoms with Crippen molar-refractivity contribution in [2.75, 3.05) is 7.11 Å². The number of ether oxygens (including phenoxy) is 1. The van der Waals surface area contributed by atoms with E-state index in [0.29, 0.717) is 6.42 Å². The molecule has 0 aromatic carbocycles. The van der Waals surface area contributed by atoms with E-state index in [1.807, 2.05) is 13.8 Å². The molecular formula is C15H26F3NO3. The lowest BCUT2D eigenvalue weighted by Crippen LogP contribution is -2.65. The largest absolute Gasteiger partial charge is 0.469 e. The van der Waals surface area contributed by atoms with E-state index in [1.165, 1.54) is 14.0 Å². The lowest BCUT2D eigenvalue weighted by Gasteiger charge is -2.48. The van der Waals surface area contributed by atoms with E-state index in [9.17, 15) is 23.1 Å². The van der Waals surface area contributed by atoms with Crippen molar-refractivity contribution in [1.82, 2.24) is 5.32 Å². The van der Waals surface area contributed by atoms with Crippen molar-refractivity contribution in [3.8, 4) is 0 Å². The highest BCUT2D eigenvalue weighted by atomic mass is 19.4. The van der Waals surface area contributed by atoms with Gasteiger partial charge in [-0.1, -0.05) is 13.8 Å². The molecule has 130 valence electrons. The Bertz CT molecular complexity index is 385. The molecule has 0 saturated carbocycles. The smallest absolute Gasteiger partial charge is 0.404 e. The van der Waals surface area contributed by atoms with Gasteiger partial charge in [0.05, 0.1) is 19.1 Å². The van der Waals surface area contributed by atoms with Gasteiger partial charge in [-0.25, -0.2) is 0 Å². The molecule has 1 heterocycles. The molecule has 0 aliphatic carbocycles.